The van der Waals surface area contributed by atoms with Crippen LogP contribution in [0.1, 0.15) is 30.4 Å². The molecule has 40 heavy (non-hydrogen) atoms. The number of methoxy groups -OCH3 is 1. The van der Waals surface area contributed by atoms with E-state index < -0.39 is 36.4 Å². The molecule has 3 rings (SSSR count). The van der Waals surface area contributed by atoms with E-state index in [2.05, 4.69) is 20.5 Å². The topological polar surface area (TPSA) is 162 Å². The summed E-state index contributed by atoms with van der Waals surface area (Å²) in [6.45, 7) is 3.34. The number of nitrogens with zero attached hydrogens (tertiary/aromatic N) is 3. The molecule has 11 nitrogen and oxygen atoms in total. The van der Waals surface area contributed by atoms with E-state index in [0.717, 1.165) is 49.5 Å². The first-order valence-corrected chi connectivity index (χ1v) is 12.8. The fourth-order valence-electron chi connectivity index (χ4n) is 3.81. The van der Waals surface area contributed by atoms with Crippen molar-refractivity contribution in [1.29, 1.82) is 0 Å². The molecule has 0 radical (unpaired) electrons. The van der Waals surface area contributed by atoms with Gasteiger partial charge in [0, 0.05) is 44.1 Å². The largest absolute Gasteiger partial charge is 0.496 e. The van der Waals surface area contributed by atoms with Gasteiger partial charge in [-0.1, -0.05) is 53.5 Å². The van der Waals surface area contributed by atoms with Crippen molar-refractivity contribution in [2.24, 2.45) is 0 Å². The minimum Gasteiger partial charge on any atom is -0.496 e. The Morgan fingerprint density at radius 3 is 2.17 bits per heavy atom. The Morgan fingerprint density at radius 2 is 1.60 bits per heavy atom. The zero-order chi connectivity index (χ0) is 29.7. The monoisotopic (exact) mass is 595 g/mol. The van der Waals surface area contributed by atoms with Crippen LogP contribution in [0.4, 0.5) is 0 Å². The molecule has 0 aliphatic carbocycles. The number of para-hydroxylation sites is 1. The van der Waals surface area contributed by atoms with Crippen molar-refractivity contribution in [1.82, 2.24) is 14.5 Å². The number of benzene rings is 2. The van der Waals surface area contributed by atoms with Crippen molar-refractivity contribution >= 4 is 41.1 Å². The van der Waals surface area contributed by atoms with Crippen LogP contribution in [-0.4, -0.2) is 72.0 Å². The number of ether oxygens (including phenoxy) is 1. The number of hydrogen-bond acceptors (Lipinski definition) is 7. The van der Waals surface area contributed by atoms with Gasteiger partial charge >= 0.3 is 17.9 Å². The van der Waals surface area contributed by atoms with Crippen LogP contribution in [0, 0.1) is 0 Å². The maximum absolute atomic E-state index is 10.3. The predicted molar refractivity (Wildman–Crippen MR) is 148 cm³/mol. The van der Waals surface area contributed by atoms with Crippen molar-refractivity contribution < 1.29 is 39.5 Å². The van der Waals surface area contributed by atoms with Gasteiger partial charge in [0.05, 0.1) is 36.3 Å². The third kappa shape index (κ3) is 10.5. The van der Waals surface area contributed by atoms with Gasteiger partial charge in [-0.25, -0.2) is 9.78 Å². The lowest BCUT2D eigenvalue weighted by Gasteiger charge is -2.24. The van der Waals surface area contributed by atoms with E-state index in [0.29, 0.717) is 10.0 Å². The van der Waals surface area contributed by atoms with E-state index in [1.807, 2.05) is 48.9 Å². The Morgan fingerprint density at radius 1 is 0.975 bits per heavy atom. The normalized spacial score (nSPS) is 11.0. The van der Waals surface area contributed by atoms with Gasteiger partial charge in [0.25, 0.3) is 0 Å². The molecule has 0 saturated carbocycles. The molecular weight excluding hydrogens is 565 g/mol. The first kappa shape index (κ1) is 32.6. The van der Waals surface area contributed by atoms with E-state index in [4.69, 9.17) is 48.4 Å². The number of halogens is 2. The summed E-state index contributed by atoms with van der Waals surface area (Å²) in [5, 5.41) is 35.0. The van der Waals surface area contributed by atoms with Crippen LogP contribution in [0.5, 0.6) is 5.75 Å². The SMILES string of the molecule is COc1ccccc1CN(CCCn1ccnc1)Cc1cccc(Cl)c1Cl.O=C(O)CC(O)(CC(=O)O)C(=O)O. The van der Waals surface area contributed by atoms with Gasteiger partial charge in [-0.05, 0) is 24.1 Å². The Kier molecular flexibility index (Phi) is 12.9. The highest BCUT2D eigenvalue weighted by Crippen LogP contribution is 2.28. The zero-order valence-electron chi connectivity index (χ0n) is 21.7. The maximum Gasteiger partial charge on any atom is 0.336 e. The fraction of sp³-hybridized carbons (Fsp3) is 0.333. The van der Waals surface area contributed by atoms with Crippen LogP contribution in [0.25, 0.3) is 0 Å². The zero-order valence-corrected chi connectivity index (χ0v) is 23.3. The van der Waals surface area contributed by atoms with E-state index >= 15 is 0 Å². The summed E-state index contributed by atoms with van der Waals surface area (Å²) in [7, 11) is 1.70. The van der Waals surface area contributed by atoms with Crippen molar-refractivity contribution in [2.75, 3.05) is 13.7 Å². The van der Waals surface area contributed by atoms with Crippen LogP contribution in [-0.2, 0) is 34.0 Å². The highest BCUT2D eigenvalue weighted by molar-refractivity contribution is 6.42. The lowest BCUT2D eigenvalue weighted by Crippen LogP contribution is -2.42. The molecule has 1 aromatic heterocycles. The molecule has 0 bridgehead atoms. The van der Waals surface area contributed by atoms with E-state index in [-0.39, 0.29) is 0 Å². The highest BCUT2D eigenvalue weighted by Gasteiger charge is 2.40. The number of imidazole rings is 1. The molecule has 0 unspecified atom stereocenters. The highest BCUT2D eigenvalue weighted by atomic mass is 35.5. The minimum atomic E-state index is -2.74. The van der Waals surface area contributed by atoms with Crippen molar-refractivity contribution in [3.8, 4) is 5.75 Å². The Hall–Kier alpha value is -3.64. The van der Waals surface area contributed by atoms with Crippen molar-refractivity contribution in [2.45, 2.75) is 44.5 Å². The first-order chi connectivity index (χ1) is 18.9. The maximum atomic E-state index is 10.3. The number of hydrogen-bond donors (Lipinski definition) is 4. The molecule has 2 aromatic carbocycles. The van der Waals surface area contributed by atoms with Gasteiger partial charge in [-0.3, -0.25) is 14.5 Å². The molecule has 13 heteroatoms. The molecule has 1 heterocycles. The fourth-order valence-corrected chi connectivity index (χ4v) is 4.19. The summed E-state index contributed by atoms with van der Waals surface area (Å²) in [5.74, 6) is -4.12. The van der Waals surface area contributed by atoms with Gasteiger partial charge in [-0.2, -0.15) is 0 Å². The molecule has 0 spiro atoms. The second-order valence-corrected chi connectivity index (χ2v) is 9.65. The molecule has 0 fully saturated rings. The smallest absolute Gasteiger partial charge is 0.336 e. The Labute approximate surface area is 241 Å². The van der Waals surface area contributed by atoms with Gasteiger partial charge in [0.2, 0.25) is 0 Å². The molecule has 4 N–H and O–H groups in total. The van der Waals surface area contributed by atoms with Crippen molar-refractivity contribution in [3.05, 3.63) is 82.4 Å². The Balaban J connectivity index is 0.000000366. The quantitative estimate of drug-likeness (QED) is 0.214. The van der Waals surface area contributed by atoms with E-state index in [1.54, 1.807) is 13.3 Å². The van der Waals surface area contributed by atoms with Crippen LogP contribution >= 0.6 is 23.2 Å². The standard InChI is InChI=1S/C21H23Cl2N3O.C6H8O7/c1-27-20-9-3-2-6-17(20)14-26(12-5-11-25-13-10-24-16-25)15-18-7-4-8-19(22)21(18)23;7-3(8)1-6(13,5(11)12)2-4(9)10/h2-4,6-10,13,16H,5,11-12,14-15H2,1H3;13H,1-2H2,(H,7,8)(H,9,10)(H,11,12). The number of aliphatic carboxylic acids is 3. The van der Waals surface area contributed by atoms with E-state index in [1.165, 1.54) is 0 Å². The molecule has 0 aliphatic rings. The molecule has 0 saturated heterocycles. The molecule has 0 atom stereocenters. The predicted octanol–water partition coefficient (Wildman–Crippen LogP) is 4.04. The summed E-state index contributed by atoms with van der Waals surface area (Å²) in [6, 6.07) is 13.9. The number of aryl methyl sites for hydroxylation is 1. The van der Waals surface area contributed by atoms with Crippen LogP contribution in [0.15, 0.2) is 61.2 Å². The van der Waals surface area contributed by atoms with Crippen LogP contribution < -0.4 is 4.74 Å². The molecular formula is C27H31Cl2N3O8. The number of carboxylic acids is 3. The molecule has 0 amide bonds. The Bertz CT molecular complexity index is 1250. The number of aromatic nitrogens is 2. The van der Waals surface area contributed by atoms with Gasteiger partial charge in [0.15, 0.2) is 5.60 Å². The molecule has 216 valence electrons. The number of rotatable bonds is 14. The molecule has 0 aliphatic heterocycles. The second kappa shape index (κ2) is 15.8. The average molecular weight is 596 g/mol. The minimum absolute atomic E-state index is 0.588. The lowest BCUT2D eigenvalue weighted by atomic mass is 9.96. The average Bonchev–Trinajstić information content (AvgIpc) is 3.40. The summed E-state index contributed by atoms with van der Waals surface area (Å²) in [4.78, 5) is 37.0. The van der Waals surface area contributed by atoms with Gasteiger partial charge < -0.3 is 29.7 Å². The summed E-state index contributed by atoms with van der Waals surface area (Å²) >= 11 is 12.6. The third-order valence-corrected chi connectivity index (χ3v) is 6.61. The van der Waals surface area contributed by atoms with Crippen LogP contribution in [0.2, 0.25) is 10.0 Å². The van der Waals surface area contributed by atoms with Gasteiger partial charge in [-0.15, -0.1) is 0 Å². The van der Waals surface area contributed by atoms with Crippen LogP contribution in [0.3, 0.4) is 0 Å². The van der Waals surface area contributed by atoms with Gasteiger partial charge in [0.1, 0.15) is 5.75 Å². The summed E-state index contributed by atoms with van der Waals surface area (Å²) < 4.78 is 7.61. The number of carbonyl (C=O) groups is 3. The summed E-state index contributed by atoms with van der Waals surface area (Å²) in [5.41, 5.74) is -0.556. The number of aliphatic hydroxyl groups is 1. The lowest BCUT2D eigenvalue weighted by molar-refractivity contribution is -0.170. The second-order valence-electron chi connectivity index (χ2n) is 8.87. The van der Waals surface area contributed by atoms with Crippen molar-refractivity contribution in [3.63, 3.8) is 0 Å². The number of carboxylic acid groups (broad SMARTS) is 3. The van der Waals surface area contributed by atoms with E-state index in [9.17, 15) is 14.4 Å². The first-order valence-electron chi connectivity index (χ1n) is 12.1. The summed E-state index contributed by atoms with van der Waals surface area (Å²) in [6.07, 6.45) is 4.35. The molecule has 3 aromatic rings. The third-order valence-electron chi connectivity index (χ3n) is 5.75.